The third-order valence-corrected chi connectivity index (χ3v) is 4.42. The molecule has 132 valence electrons. The van der Waals surface area contributed by atoms with Crippen molar-refractivity contribution >= 4 is 17.6 Å². The summed E-state index contributed by atoms with van der Waals surface area (Å²) in [5.74, 6) is -0.501. The van der Waals surface area contributed by atoms with Gasteiger partial charge in [0, 0.05) is 19.8 Å². The highest BCUT2D eigenvalue weighted by Gasteiger charge is 2.24. The highest BCUT2D eigenvalue weighted by molar-refractivity contribution is 5.92. The van der Waals surface area contributed by atoms with Crippen molar-refractivity contribution in [2.24, 2.45) is 13.0 Å². The topological polar surface area (TPSA) is 87.5 Å². The Hall–Kier alpha value is -2.67. The van der Waals surface area contributed by atoms with Gasteiger partial charge in [-0.3, -0.25) is 14.4 Å². The number of hydrogen-bond donors (Lipinski definition) is 2. The third kappa shape index (κ3) is 4.67. The fourth-order valence-corrected chi connectivity index (χ4v) is 3.28. The maximum atomic E-state index is 12.1. The molecule has 25 heavy (non-hydrogen) atoms. The first kappa shape index (κ1) is 17.2. The van der Waals surface area contributed by atoms with Gasteiger partial charge in [-0.25, -0.2) is 4.79 Å². The van der Waals surface area contributed by atoms with E-state index in [2.05, 4.69) is 15.3 Å². The van der Waals surface area contributed by atoms with E-state index < -0.39 is 5.97 Å². The van der Waals surface area contributed by atoms with E-state index in [0.29, 0.717) is 23.7 Å². The van der Waals surface area contributed by atoms with Crippen molar-refractivity contribution in [3.05, 3.63) is 47.8 Å². The minimum Gasteiger partial charge on any atom is -0.478 e. The molecule has 1 atom stereocenters. The number of aryl methyl sites for hydroxylation is 1. The second-order valence-electron chi connectivity index (χ2n) is 6.55. The van der Waals surface area contributed by atoms with E-state index in [1.54, 1.807) is 42.3 Å². The number of carboxylic acid groups (broad SMARTS) is 1. The van der Waals surface area contributed by atoms with Crippen LogP contribution in [0.4, 0.5) is 5.69 Å². The zero-order valence-electron chi connectivity index (χ0n) is 14.2. The quantitative estimate of drug-likeness (QED) is 0.833. The van der Waals surface area contributed by atoms with Crippen LogP contribution in [0.2, 0.25) is 0 Å². The third-order valence-electron chi connectivity index (χ3n) is 4.42. The highest BCUT2D eigenvalue weighted by Crippen LogP contribution is 2.21. The van der Waals surface area contributed by atoms with Crippen LogP contribution in [0.5, 0.6) is 0 Å². The number of carbonyl (C=O) groups is 2. The summed E-state index contributed by atoms with van der Waals surface area (Å²) in [6, 6.07) is 7.09. The maximum absolute atomic E-state index is 12.1. The Morgan fingerprint density at radius 2 is 2.24 bits per heavy atom. The van der Waals surface area contributed by atoms with Crippen molar-refractivity contribution in [1.82, 2.24) is 14.7 Å². The summed E-state index contributed by atoms with van der Waals surface area (Å²) in [4.78, 5) is 25.3. The van der Waals surface area contributed by atoms with E-state index in [9.17, 15) is 9.59 Å². The number of nitrogens with zero attached hydrogens (tertiary/aromatic N) is 3. The second-order valence-corrected chi connectivity index (χ2v) is 6.55. The molecule has 0 aliphatic carbocycles. The number of rotatable bonds is 6. The maximum Gasteiger partial charge on any atom is 0.335 e. The van der Waals surface area contributed by atoms with Gasteiger partial charge in [0.1, 0.15) is 0 Å². The monoisotopic (exact) mass is 342 g/mol. The van der Waals surface area contributed by atoms with Crippen LogP contribution in [0.25, 0.3) is 0 Å². The van der Waals surface area contributed by atoms with Gasteiger partial charge < -0.3 is 10.4 Å². The molecule has 1 aromatic carbocycles. The molecule has 7 nitrogen and oxygen atoms in total. The summed E-state index contributed by atoms with van der Waals surface area (Å²) in [5, 5.41) is 15.9. The minimum atomic E-state index is -0.901. The van der Waals surface area contributed by atoms with Gasteiger partial charge >= 0.3 is 5.97 Å². The first-order valence-electron chi connectivity index (χ1n) is 8.32. The summed E-state index contributed by atoms with van der Waals surface area (Å²) < 4.78 is 1.65. The van der Waals surface area contributed by atoms with E-state index in [1.165, 1.54) is 0 Å². The summed E-state index contributed by atoms with van der Waals surface area (Å²) >= 11 is 0. The van der Waals surface area contributed by atoms with E-state index in [4.69, 9.17) is 5.11 Å². The van der Waals surface area contributed by atoms with Gasteiger partial charge in [-0.1, -0.05) is 12.1 Å². The molecule has 0 saturated carbocycles. The summed E-state index contributed by atoms with van der Waals surface area (Å²) in [6.07, 6.45) is 5.24. The van der Waals surface area contributed by atoms with Crippen LogP contribution < -0.4 is 5.32 Å². The molecule has 0 spiro atoms. The smallest absolute Gasteiger partial charge is 0.335 e. The molecule has 2 heterocycles. The molecule has 1 aromatic heterocycles. The normalized spacial score (nSPS) is 17.6. The fraction of sp³-hybridized carbons (Fsp3) is 0.389. The predicted octanol–water partition coefficient (Wildman–Crippen LogP) is 1.62. The van der Waals surface area contributed by atoms with Gasteiger partial charge in [0.15, 0.2) is 0 Å². The van der Waals surface area contributed by atoms with E-state index in [-0.39, 0.29) is 5.91 Å². The van der Waals surface area contributed by atoms with Gasteiger partial charge in [-0.2, -0.15) is 5.10 Å². The highest BCUT2D eigenvalue weighted by atomic mass is 16.4. The molecule has 2 N–H and O–H groups in total. The lowest BCUT2D eigenvalue weighted by atomic mass is 9.97. The number of aromatic nitrogens is 2. The van der Waals surface area contributed by atoms with Crippen LogP contribution in [-0.2, 0) is 18.3 Å². The Labute approximate surface area is 146 Å². The lowest BCUT2D eigenvalue weighted by Crippen LogP contribution is -2.31. The molecule has 2 aromatic rings. The number of aromatic carboxylic acids is 1. The predicted molar refractivity (Wildman–Crippen MR) is 93.5 cm³/mol. The second kappa shape index (κ2) is 7.48. The van der Waals surface area contributed by atoms with Crippen molar-refractivity contribution in [2.75, 3.05) is 25.0 Å². The van der Waals surface area contributed by atoms with Gasteiger partial charge in [0.25, 0.3) is 0 Å². The Kier molecular flexibility index (Phi) is 5.14. The molecular formula is C18H22N4O3. The molecule has 1 aliphatic rings. The molecule has 7 heteroatoms. The van der Waals surface area contributed by atoms with Crippen LogP contribution in [-0.4, -0.2) is 51.3 Å². The number of hydrogen-bond acceptors (Lipinski definition) is 4. The van der Waals surface area contributed by atoms with Gasteiger partial charge in [-0.15, -0.1) is 0 Å². The van der Waals surface area contributed by atoms with Gasteiger partial charge in [0.2, 0.25) is 5.91 Å². The largest absolute Gasteiger partial charge is 0.478 e. The van der Waals surface area contributed by atoms with Crippen LogP contribution in [0, 0.1) is 5.92 Å². The van der Waals surface area contributed by atoms with Crippen LogP contribution in [0.15, 0.2) is 36.7 Å². The summed E-state index contributed by atoms with van der Waals surface area (Å²) in [5.41, 5.74) is 2.06. The Bertz CT molecular complexity index is 771. The molecular weight excluding hydrogens is 320 g/mol. The average molecular weight is 342 g/mol. The standard InChI is InChI=1S/C18H22N4O3/c1-21-11-16(9-19-21)20-17(23)12-22-6-5-14(10-22)7-13-3-2-4-15(8-13)18(24)25/h2-4,8-9,11,14H,5-7,10,12H2,1H3,(H,20,23)(H,24,25). The molecule has 3 rings (SSSR count). The van der Waals surface area contributed by atoms with Gasteiger partial charge in [0.05, 0.1) is 24.0 Å². The number of carboxylic acids is 1. The molecule has 0 bridgehead atoms. The van der Waals surface area contributed by atoms with Crippen LogP contribution >= 0.6 is 0 Å². The first-order valence-corrected chi connectivity index (χ1v) is 8.32. The van der Waals surface area contributed by atoms with Crippen molar-refractivity contribution in [3.8, 4) is 0 Å². The number of carbonyl (C=O) groups excluding carboxylic acids is 1. The number of nitrogens with one attached hydrogen (secondary N) is 1. The summed E-state index contributed by atoms with van der Waals surface area (Å²) in [6.45, 7) is 2.09. The van der Waals surface area contributed by atoms with Gasteiger partial charge in [-0.05, 0) is 43.0 Å². The Morgan fingerprint density at radius 3 is 2.96 bits per heavy atom. The van der Waals surface area contributed by atoms with Crippen molar-refractivity contribution in [1.29, 1.82) is 0 Å². The minimum absolute atomic E-state index is 0.0403. The van der Waals surface area contributed by atoms with Crippen molar-refractivity contribution in [3.63, 3.8) is 0 Å². The van der Waals surface area contributed by atoms with Crippen molar-refractivity contribution < 1.29 is 14.7 Å². The van der Waals surface area contributed by atoms with Crippen LogP contribution in [0.1, 0.15) is 22.3 Å². The summed E-state index contributed by atoms with van der Waals surface area (Å²) in [7, 11) is 1.81. The Morgan fingerprint density at radius 1 is 1.40 bits per heavy atom. The number of amides is 1. The average Bonchev–Trinajstić information content (AvgIpc) is 3.16. The lowest BCUT2D eigenvalue weighted by molar-refractivity contribution is -0.117. The molecule has 1 saturated heterocycles. The molecule has 1 amide bonds. The SMILES string of the molecule is Cn1cc(NC(=O)CN2CCC(Cc3cccc(C(=O)O)c3)C2)cn1. The molecule has 1 fully saturated rings. The van der Waals surface area contributed by atoms with E-state index in [1.807, 2.05) is 6.07 Å². The molecule has 1 aliphatic heterocycles. The van der Waals surface area contributed by atoms with Crippen molar-refractivity contribution in [2.45, 2.75) is 12.8 Å². The fourth-order valence-electron chi connectivity index (χ4n) is 3.28. The lowest BCUT2D eigenvalue weighted by Gasteiger charge is -2.15. The van der Waals surface area contributed by atoms with E-state index >= 15 is 0 Å². The van der Waals surface area contributed by atoms with Crippen LogP contribution in [0.3, 0.4) is 0 Å². The number of benzene rings is 1. The molecule has 1 unspecified atom stereocenters. The Balaban J connectivity index is 1.49. The number of anilines is 1. The zero-order valence-corrected chi connectivity index (χ0v) is 14.2. The van der Waals surface area contributed by atoms with E-state index in [0.717, 1.165) is 31.5 Å². The number of likely N-dealkylation sites (tertiary alicyclic amines) is 1. The molecule has 0 radical (unpaired) electrons. The zero-order chi connectivity index (χ0) is 17.8. The first-order chi connectivity index (χ1) is 12.0.